The molecule has 3 aliphatic rings. The number of hydrogen-bond donors (Lipinski definition) is 1. The molecule has 120 valence electrons. The summed E-state index contributed by atoms with van der Waals surface area (Å²) in [6.45, 7) is 1.70. The second-order valence-electron chi connectivity index (χ2n) is 6.58. The molecule has 2 atom stereocenters. The molecule has 4 rings (SSSR count). The van der Waals surface area contributed by atoms with Gasteiger partial charge in [-0.25, -0.2) is 13.4 Å². The van der Waals surface area contributed by atoms with Crippen LogP contribution in [0.4, 0.5) is 5.82 Å². The van der Waals surface area contributed by atoms with Crippen molar-refractivity contribution in [2.75, 3.05) is 25.0 Å². The Labute approximate surface area is 130 Å². The lowest BCUT2D eigenvalue weighted by Crippen LogP contribution is -2.37. The molecule has 3 fully saturated rings. The quantitative estimate of drug-likeness (QED) is 0.902. The van der Waals surface area contributed by atoms with E-state index >= 15 is 0 Å². The molecule has 1 aromatic heterocycles. The molecule has 1 N–H and O–H groups in total. The summed E-state index contributed by atoms with van der Waals surface area (Å²) in [6.07, 6.45) is 5.01. The first kappa shape index (κ1) is 14.4. The van der Waals surface area contributed by atoms with Gasteiger partial charge in [-0.1, -0.05) is 6.07 Å². The van der Waals surface area contributed by atoms with Crippen LogP contribution in [0.25, 0.3) is 0 Å². The maximum absolute atomic E-state index is 12.4. The van der Waals surface area contributed by atoms with Gasteiger partial charge in [0.2, 0.25) is 10.0 Å². The number of ether oxygens (including phenoxy) is 1. The Morgan fingerprint density at radius 1 is 1.36 bits per heavy atom. The lowest BCUT2D eigenvalue weighted by atomic mass is 9.97. The largest absolute Gasteiger partial charge is 0.371 e. The lowest BCUT2D eigenvalue weighted by Gasteiger charge is -2.23. The minimum atomic E-state index is -3.08. The van der Waals surface area contributed by atoms with Crippen molar-refractivity contribution in [2.45, 2.75) is 42.6 Å². The minimum Gasteiger partial charge on any atom is -0.371 e. The maximum atomic E-state index is 12.4. The van der Waals surface area contributed by atoms with Crippen LogP contribution in [-0.4, -0.2) is 54.3 Å². The number of sulfonamides is 1. The Morgan fingerprint density at radius 2 is 2.23 bits per heavy atom. The van der Waals surface area contributed by atoms with Gasteiger partial charge < -0.3 is 10.1 Å². The summed E-state index contributed by atoms with van der Waals surface area (Å²) in [5.41, 5.74) is -0.311. The van der Waals surface area contributed by atoms with E-state index in [0.717, 1.165) is 31.5 Å². The zero-order chi connectivity index (χ0) is 15.2. The van der Waals surface area contributed by atoms with Crippen LogP contribution in [0.2, 0.25) is 0 Å². The van der Waals surface area contributed by atoms with E-state index in [0.29, 0.717) is 19.7 Å². The molecular formula is C15H21N3O3S. The predicted molar refractivity (Wildman–Crippen MR) is 83.1 cm³/mol. The van der Waals surface area contributed by atoms with E-state index in [2.05, 4.69) is 10.3 Å². The summed E-state index contributed by atoms with van der Waals surface area (Å²) in [7, 11) is -3.08. The predicted octanol–water partition coefficient (Wildman–Crippen LogP) is 1.22. The lowest BCUT2D eigenvalue weighted by molar-refractivity contribution is 0.0173. The topological polar surface area (TPSA) is 71.5 Å². The molecule has 0 aromatic carbocycles. The van der Waals surface area contributed by atoms with Gasteiger partial charge >= 0.3 is 0 Å². The average Bonchev–Trinajstić information content (AvgIpc) is 3.20. The van der Waals surface area contributed by atoms with Crippen LogP contribution in [0.3, 0.4) is 0 Å². The van der Waals surface area contributed by atoms with Gasteiger partial charge in [-0.2, -0.15) is 4.31 Å². The maximum Gasteiger partial charge on any atom is 0.217 e. The highest BCUT2D eigenvalue weighted by molar-refractivity contribution is 7.90. The zero-order valence-electron chi connectivity index (χ0n) is 12.4. The molecule has 1 aliphatic carbocycles. The molecule has 1 saturated carbocycles. The van der Waals surface area contributed by atoms with Gasteiger partial charge in [-0.15, -0.1) is 0 Å². The number of hydrogen-bond acceptors (Lipinski definition) is 5. The summed E-state index contributed by atoms with van der Waals surface area (Å²) in [5, 5.41) is 3.24. The van der Waals surface area contributed by atoms with Crippen molar-refractivity contribution < 1.29 is 13.2 Å². The van der Waals surface area contributed by atoms with Crippen LogP contribution >= 0.6 is 0 Å². The molecule has 0 radical (unpaired) electrons. The van der Waals surface area contributed by atoms with Crippen molar-refractivity contribution in [3.8, 4) is 0 Å². The third kappa shape index (κ3) is 2.61. The van der Waals surface area contributed by atoms with Crippen molar-refractivity contribution >= 4 is 15.8 Å². The fraction of sp³-hybridized carbons (Fsp3) is 0.667. The number of anilines is 1. The molecular weight excluding hydrogens is 302 g/mol. The smallest absolute Gasteiger partial charge is 0.217 e. The number of pyridine rings is 1. The first-order valence-corrected chi connectivity index (χ1v) is 9.38. The van der Waals surface area contributed by atoms with Crippen LogP contribution in [0.1, 0.15) is 25.7 Å². The average molecular weight is 323 g/mol. The van der Waals surface area contributed by atoms with Gasteiger partial charge in [0.05, 0.1) is 23.5 Å². The van der Waals surface area contributed by atoms with Crippen molar-refractivity contribution in [3.05, 3.63) is 24.4 Å². The molecule has 1 spiro atoms. The third-order valence-electron chi connectivity index (χ3n) is 4.81. The van der Waals surface area contributed by atoms with Gasteiger partial charge in [-0.3, -0.25) is 0 Å². The van der Waals surface area contributed by atoms with E-state index in [9.17, 15) is 8.42 Å². The van der Waals surface area contributed by atoms with E-state index in [1.54, 1.807) is 10.5 Å². The fourth-order valence-electron chi connectivity index (χ4n) is 3.48. The zero-order valence-corrected chi connectivity index (χ0v) is 13.3. The molecule has 3 heterocycles. The van der Waals surface area contributed by atoms with Gasteiger partial charge in [0.1, 0.15) is 5.82 Å². The number of rotatable bonds is 4. The molecule has 0 unspecified atom stereocenters. The summed E-state index contributed by atoms with van der Waals surface area (Å²) >= 11 is 0. The second kappa shape index (κ2) is 5.18. The van der Waals surface area contributed by atoms with Gasteiger partial charge in [0.15, 0.2) is 0 Å². The van der Waals surface area contributed by atoms with E-state index in [1.807, 2.05) is 18.2 Å². The molecule has 0 bridgehead atoms. The van der Waals surface area contributed by atoms with Crippen LogP contribution in [0.15, 0.2) is 24.4 Å². The van der Waals surface area contributed by atoms with E-state index in [4.69, 9.17) is 4.74 Å². The summed E-state index contributed by atoms with van der Waals surface area (Å²) in [6, 6.07) is 5.96. The van der Waals surface area contributed by atoms with Crippen molar-refractivity contribution in [2.24, 2.45) is 0 Å². The first-order valence-electron chi connectivity index (χ1n) is 7.88. The molecule has 7 heteroatoms. The molecule has 6 nitrogen and oxygen atoms in total. The van der Waals surface area contributed by atoms with E-state index in [1.165, 1.54) is 0 Å². The molecule has 22 heavy (non-hydrogen) atoms. The number of nitrogens with one attached hydrogen (secondary N) is 1. The van der Waals surface area contributed by atoms with Gasteiger partial charge in [0, 0.05) is 25.7 Å². The van der Waals surface area contributed by atoms with Crippen LogP contribution in [0, 0.1) is 0 Å². The van der Waals surface area contributed by atoms with Crippen LogP contribution in [-0.2, 0) is 14.8 Å². The highest BCUT2D eigenvalue weighted by Crippen LogP contribution is 2.40. The Balaban J connectivity index is 1.40. The van der Waals surface area contributed by atoms with E-state index < -0.39 is 10.0 Å². The first-order chi connectivity index (χ1) is 10.6. The molecule has 2 aliphatic heterocycles. The molecule has 2 saturated heterocycles. The minimum absolute atomic E-state index is 0.133. The normalized spacial score (nSPS) is 32.6. The standard InChI is InChI=1S/C15H21N3O3S/c19-22(20,13-4-5-13)18-8-6-15(11-18)9-12(10-21-15)17-14-3-1-2-7-16-14/h1-3,7,12-13H,4-6,8-11H2,(H,16,17)/t12-,15+/m1/s1. The van der Waals surface area contributed by atoms with Gasteiger partial charge in [-0.05, 0) is 31.4 Å². The number of nitrogens with zero attached hydrogens (tertiary/aromatic N) is 2. The van der Waals surface area contributed by atoms with Crippen molar-refractivity contribution in [3.63, 3.8) is 0 Å². The SMILES string of the molecule is O=S(=O)(C1CC1)N1CC[C@]2(C[C@@H](Nc3ccccn3)CO2)C1. The van der Waals surface area contributed by atoms with Crippen molar-refractivity contribution in [1.29, 1.82) is 0 Å². The molecule has 0 amide bonds. The highest BCUT2D eigenvalue weighted by atomic mass is 32.2. The summed E-state index contributed by atoms with van der Waals surface area (Å²) < 4.78 is 32.4. The van der Waals surface area contributed by atoms with Gasteiger partial charge in [0.25, 0.3) is 0 Å². The van der Waals surface area contributed by atoms with Crippen LogP contribution < -0.4 is 5.32 Å². The fourth-order valence-corrected chi connectivity index (χ4v) is 5.40. The third-order valence-corrected chi connectivity index (χ3v) is 7.16. The Kier molecular flexibility index (Phi) is 3.39. The Bertz CT molecular complexity index is 647. The number of aromatic nitrogens is 1. The van der Waals surface area contributed by atoms with Crippen LogP contribution in [0.5, 0.6) is 0 Å². The second-order valence-corrected chi connectivity index (χ2v) is 8.80. The summed E-state index contributed by atoms with van der Waals surface area (Å²) in [4.78, 5) is 4.27. The molecule has 1 aromatic rings. The Morgan fingerprint density at radius 3 is 2.95 bits per heavy atom. The monoisotopic (exact) mass is 323 g/mol. The Hall–Kier alpha value is -1.18. The highest BCUT2D eigenvalue weighted by Gasteiger charge is 2.51. The van der Waals surface area contributed by atoms with Crippen molar-refractivity contribution in [1.82, 2.24) is 9.29 Å². The summed E-state index contributed by atoms with van der Waals surface area (Å²) in [5.74, 6) is 0.841. The van der Waals surface area contributed by atoms with E-state index in [-0.39, 0.29) is 16.9 Å².